The fourth-order valence-electron chi connectivity index (χ4n) is 3.30. The van der Waals surface area contributed by atoms with Crippen LogP contribution in [0.1, 0.15) is 29.3 Å². The molecule has 2 aromatic heterocycles. The van der Waals surface area contributed by atoms with Crippen molar-refractivity contribution in [3.63, 3.8) is 0 Å². The molecule has 24 heavy (non-hydrogen) atoms. The highest BCUT2D eigenvalue weighted by molar-refractivity contribution is 5.93. The lowest BCUT2D eigenvalue weighted by atomic mass is 10.1. The second-order valence-electron chi connectivity index (χ2n) is 6.55. The van der Waals surface area contributed by atoms with E-state index in [2.05, 4.69) is 28.1 Å². The summed E-state index contributed by atoms with van der Waals surface area (Å²) in [7, 11) is 2.13. The number of aromatic nitrogens is 3. The summed E-state index contributed by atoms with van der Waals surface area (Å²) in [5, 5.41) is 4.20. The normalized spacial score (nSPS) is 17.6. The van der Waals surface area contributed by atoms with Crippen LogP contribution in [-0.2, 0) is 13.1 Å². The van der Waals surface area contributed by atoms with Crippen LogP contribution >= 0.6 is 0 Å². The lowest BCUT2D eigenvalue weighted by molar-refractivity contribution is 0.0784. The molecule has 0 N–H and O–H groups in total. The van der Waals surface area contributed by atoms with Gasteiger partial charge in [-0.2, -0.15) is 5.10 Å². The average Bonchev–Trinajstić information content (AvgIpc) is 3.24. The molecule has 6 heteroatoms. The van der Waals surface area contributed by atoms with E-state index >= 15 is 0 Å². The second kappa shape index (κ2) is 7.57. The first-order valence-electron chi connectivity index (χ1n) is 8.55. The molecule has 1 saturated heterocycles. The van der Waals surface area contributed by atoms with Crippen molar-refractivity contribution < 1.29 is 4.79 Å². The van der Waals surface area contributed by atoms with Gasteiger partial charge < -0.3 is 9.80 Å². The molecule has 6 nitrogen and oxygen atoms in total. The Labute approximate surface area is 143 Å². The summed E-state index contributed by atoms with van der Waals surface area (Å²) in [6.07, 6.45) is 8.28. The van der Waals surface area contributed by atoms with E-state index in [0.29, 0.717) is 11.5 Å². The molecule has 1 aliphatic heterocycles. The van der Waals surface area contributed by atoms with E-state index in [4.69, 9.17) is 0 Å². The predicted octanol–water partition coefficient (Wildman–Crippen LogP) is 1.89. The maximum atomic E-state index is 12.5. The highest BCUT2D eigenvalue weighted by Gasteiger charge is 2.28. The topological polar surface area (TPSA) is 54.3 Å². The molecule has 1 atom stereocenters. The first kappa shape index (κ1) is 16.6. The zero-order valence-corrected chi connectivity index (χ0v) is 14.4. The summed E-state index contributed by atoms with van der Waals surface area (Å²) in [6.45, 7) is 6.35. The van der Waals surface area contributed by atoms with Gasteiger partial charge in [0.2, 0.25) is 0 Å². The monoisotopic (exact) mass is 327 g/mol. The molecule has 0 spiro atoms. The fraction of sp³-hybridized carbons (Fsp3) is 0.500. The summed E-state index contributed by atoms with van der Waals surface area (Å²) in [6, 6.07) is 4.06. The molecule has 2 aromatic rings. The summed E-state index contributed by atoms with van der Waals surface area (Å²) in [5.74, 6) is 0.629. The Morgan fingerprint density at radius 2 is 2.29 bits per heavy atom. The zero-order valence-electron chi connectivity index (χ0n) is 14.4. The minimum absolute atomic E-state index is 0.104. The molecule has 1 amide bonds. The Morgan fingerprint density at radius 3 is 3.00 bits per heavy atom. The van der Waals surface area contributed by atoms with Gasteiger partial charge >= 0.3 is 0 Å². The third-order valence-electron chi connectivity index (χ3n) is 4.52. The highest BCUT2D eigenvalue weighted by atomic mass is 16.2. The van der Waals surface area contributed by atoms with Gasteiger partial charge in [-0.3, -0.25) is 14.5 Å². The summed E-state index contributed by atoms with van der Waals surface area (Å²) < 4.78 is 1.79. The third-order valence-corrected chi connectivity index (χ3v) is 4.52. The summed E-state index contributed by atoms with van der Waals surface area (Å²) in [5.41, 5.74) is 1.92. The van der Waals surface area contributed by atoms with Gasteiger partial charge in [0.25, 0.3) is 5.91 Å². The van der Waals surface area contributed by atoms with Gasteiger partial charge in [-0.1, -0.05) is 6.07 Å². The molecule has 1 fully saturated rings. The van der Waals surface area contributed by atoms with Gasteiger partial charge in [-0.25, -0.2) is 0 Å². The number of carbonyl (C=O) groups excluding carboxylic acids is 1. The van der Waals surface area contributed by atoms with Crippen LogP contribution in [0.4, 0.5) is 0 Å². The largest absolute Gasteiger partial charge is 0.338 e. The van der Waals surface area contributed by atoms with Gasteiger partial charge in [0, 0.05) is 51.3 Å². The van der Waals surface area contributed by atoms with Gasteiger partial charge in [0.15, 0.2) is 0 Å². The summed E-state index contributed by atoms with van der Waals surface area (Å²) in [4.78, 5) is 21.0. The van der Waals surface area contributed by atoms with E-state index < -0.39 is 0 Å². The van der Waals surface area contributed by atoms with Crippen molar-refractivity contribution >= 4 is 5.91 Å². The standard InChI is InChI=1S/C18H25N5O/c1-3-23-14-17(10-20-23)18(24)22-8-6-16(13-22)12-21(2)11-15-5-4-7-19-9-15/h4-5,7,9-10,14,16H,3,6,8,11-13H2,1-2H3. The number of nitrogens with zero attached hydrogens (tertiary/aromatic N) is 5. The van der Waals surface area contributed by atoms with Crippen LogP contribution in [0.15, 0.2) is 36.9 Å². The molecule has 3 heterocycles. The maximum Gasteiger partial charge on any atom is 0.257 e. The van der Waals surface area contributed by atoms with Crippen molar-refractivity contribution in [2.45, 2.75) is 26.4 Å². The zero-order chi connectivity index (χ0) is 16.9. The number of rotatable bonds is 6. The number of amides is 1. The molecule has 3 rings (SSSR count). The lowest BCUT2D eigenvalue weighted by Crippen LogP contribution is -2.31. The van der Waals surface area contributed by atoms with E-state index in [1.807, 2.05) is 30.3 Å². The molecule has 0 aromatic carbocycles. The van der Waals surface area contributed by atoms with Crippen LogP contribution in [0.2, 0.25) is 0 Å². The van der Waals surface area contributed by atoms with Crippen LogP contribution in [-0.4, -0.2) is 57.2 Å². The SMILES string of the molecule is CCn1cc(C(=O)N2CCC(CN(C)Cc3cccnc3)C2)cn1. The van der Waals surface area contributed by atoms with E-state index in [1.165, 1.54) is 5.56 Å². The Morgan fingerprint density at radius 1 is 1.42 bits per heavy atom. The molecular weight excluding hydrogens is 302 g/mol. The number of hydrogen-bond acceptors (Lipinski definition) is 4. The van der Waals surface area contributed by atoms with Crippen LogP contribution in [0.5, 0.6) is 0 Å². The van der Waals surface area contributed by atoms with Gasteiger partial charge in [0.1, 0.15) is 0 Å². The van der Waals surface area contributed by atoms with Gasteiger partial charge in [-0.15, -0.1) is 0 Å². The van der Waals surface area contributed by atoms with Crippen molar-refractivity contribution in [3.8, 4) is 0 Å². The Balaban J connectivity index is 1.50. The fourth-order valence-corrected chi connectivity index (χ4v) is 3.30. The first-order valence-corrected chi connectivity index (χ1v) is 8.55. The predicted molar refractivity (Wildman–Crippen MR) is 92.5 cm³/mol. The molecule has 128 valence electrons. The maximum absolute atomic E-state index is 12.5. The highest BCUT2D eigenvalue weighted by Crippen LogP contribution is 2.20. The molecule has 1 unspecified atom stereocenters. The minimum Gasteiger partial charge on any atom is -0.338 e. The van der Waals surface area contributed by atoms with Crippen LogP contribution in [0.25, 0.3) is 0 Å². The van der Waals surface area contributed by atoms with Gasteiger partial charge in [-0.05, 0) is 37.9 Å². The lowest BCUT2D eigenvalue weighted by Gasteiger charge is -2.21. The van der Waals surface area contributed by atoms with E-state index in [9.17, 15) is 4.79 Å². The van der Waals surface area contributed by atoms with E-state index in [-0.39, 0.29) is 5.91 Å². The first-order chi connectivity index (χ1) is 11.7. The van der Waals surface area contributed by atoms with Crippen molar-refractivity contribution in [2.75, 3.05) is 26.7 Å². The Hall–Kier alpha value is -2.21. The minimum atomic E-state index is 0.104. The molecule has 1 aliphatic rings. The number of likely N-dealkylation sites (tertiary alicyclic amines) is 1. The molecule has 0 saturated carbocycles. The molecule has 0 aliphatic carbocycles. The number of aryl methyl sites for hydroxylation is 1. The van der Waals surface area contributed by atoms with E-state index in [1.54, 1.807) is 17.1 Å². The smallest absolute Gasteiger partial charge is 0.257 e. The summed E-state index contributed by atoms with van der Waals surface area (Å²) >= 11 is 0. The average molecular weight is 327 g/mol. The Bertz CT molecular complexity index is 669. The number of pyridine rings is 1. The van der Waals surface area contributed by atoms with E-state index in [0.717, 1.165) is 39.1 Å². The number of hydrogen-bond donors (Lipinski definition) is 0. The Kier molecular flexibility index (Phi) is 5.25. The van der Waals surface area contributed by atoms with Crippen LogP contribution in [0, 0.1) is 5.92 Å². The van der Waals surface area contributed by atoms with Crippen molar-refractivity contribution in [1.82, 2.24) is 24.6 Å². The van der Waals surface area contributed by atoms with Crippen molar-refractivity contribution in [3.05, 3.63) is 48.0 Å². The van der Waals surface area contributed by atoms with Crippen LogP contribution in [0.3, 0.4) is 0 Å². The van der Waals surface area contributed by atoms with Crippen molar-refractivity contribution in [1.29, 1.82) is 0 Å². The molecular formula is C18H25N5O. The van der Waals surface area contributed by atoms with Crippen molar-refractivity contribution in [2.24, 2.45) is 5.92 Å². The second-order valence-corrected chi connectivity index (χ2v) is 6.55. The number of carbonyl (C=O) groups is 1. The van der Waals surface area contributed by atoms with Gasteiger partial charge in [0.05, 0.1) is 11.8 Å². The molecule has 0 bridgehead atoms. The quantitative estimate of drug-likeness (QED) is 0.813. The van der Waals surface area contributed by atoms with Crippen LogP contribution < -0.4 is 0 Å². The third kappa shape index (κ3) is 4.00. The molecule has 0 radical (unpaired) electrons.